The van der Waals surface area contributed by atoms with Crippen LogP contribution in [0.3, 0.4) is 0 Å². The lowest BCUT2D eigenvalue weighted by Crippen LogP contribution is -2.44. The first-order valence-electron chi connectivity index (χ1n) is 9.67. The maximum atomic E-state index is 12.5. The molecule has 1 saturated carbocycles. The van der Waals surface area contributed by atoms with E-state index in [0.717, 1.165) is 29.1 Å². The number of esters is 1. The third-order valence-electron chi connectivity index (χ3n) is 5.66. The van der Waals surface area contributed by atoms with Crippen molar-refractivity contribution in [2.45, 2.75) is 65.0 Å². The number of carbonyl (C=O) groups is 4. The second-order valence-electron chi connectivity index (χ2n) is 7.94. The van der Waals surface area contributed by atoms with Crippen molar-refractivity contribution < 1.29 is 23.9 Å². The van der Waals surface area contributed by atoms with Gasteiger partial charge in [-0.15, -0.1) is 0 Å². The lowest BCUT2D eigenvalue weighted by Gasteiger charge is -2.19. The van der Waals surface area contributed by atoms with Crippen LogP contribution in [0.5, 0.6) is 0 Å². The van der Waals surface area contributed by atoms with Crippen molar-refractivity contribution in [2.75, 3.05) is 13.2 Å². The van der Waals surface area contributed by atoms with Crippen LogP contribution >= 0.6 is 0 Å². The van der Waals surface area contributed by atoms with E-state index in [9.17, 15) is 19.2 Å². The highest BCUT2D eigenvalue weighted by Gasteiger charge is 2.52. The zero-order chi connectivity index (χ0) is 20.6. The van der Waals surface area contributed by atoms with Crippen molar-refractivity contribution in [3.63, 3.8) is 0 Å². The summed E-state index contributed by atoms with van der Waals surface area (Å²) < 4.78 is 7.11. The summed E-state index contributed by atoms with van der Waals surface area (Å²) in [5.74, 6) is -1.46. The summed E-state index contributed by atoms with van der Waals surface area (Å²) in [5.41, 5.74) is 1.44. The largest absolute Gasteiger partial charge is 0.456 e. The van der Waals surface area contributed by atoms with Gasteiger partial charge in [0.1, 0.15) is 12.1 Å². The molecule has 0 bridgehead atoms. The van der Waals surface area contributed by atoms with Gasteiger partial charge in [0.2, 0.25) is 5.78 Å². The number of urea groups is 1. The predicted octanol–water partition coefficient (Wildman–Crippen LogP) is 2.28. The summed E-state index contributed by atoms with van der Waals surface area (Å²) in [5, 5.41) is 2.71. The normalized spacial score (nSPS) is 18.2. The number of carbonyl (C=O) groups excluding carboxylic acids is 4. The first-order valence-corrected chi connectivity index (χ1v) is 9.67. The minimum atomic E-state index is -0.860. The molecule has 1 spiro atoms. The highest BCUT2D eigenvalue weighted by molar-refractivity contribution is 6.09. The average molecular weight is 389 g/mol. The van der Waals surface area contributed by atoms with Crippen molar-refractivity contribution in [1.82, 2.24) is 14.8 Å². The lowest BCUT2D eigenvalue weighted by atomic mass is 9.98. The fourth-order valence-corrected chi connectivity index (χ4v) is 4.39. The number of aromatic nitrogens is 1. The molecule has 8 nitrogen and oxygen atoms in total. The minimum absolute atomic E-state index is 0.215. The summed E-state index contributed by atoms with van der Waals surface area (Å²) in [6, 6.07) is 1.43. The van der Waals surface area contributed by atoms with Gasteiger partial charge in [0.05, 0.1) is 0 Å². The smallest absolute Gasteiger partial charge is 0.326 e. The average Bonchev–Trinajstić information content (AvgIpc) is 3.27. The summed E-state index contributed by atoms with van der Waals surface area (Å²) in [6.45, 7) is 6.94. The molecule has 2 aliphatic rings. The topological polar surface area (TPSA) is 97.7 Å². The van der Waals surface area contributed by atoms with Crippen LogP contribution in [0.15, 0.2) is 6.07 Å². The highest BCUT2D eigenvalue weighted by Crippen LogP contribution is 2.34. The molecule has 2 fully saturated rings. The Hall–Kier alpha value is -2.64. The van der Waals surface area contributed by atoms with E-state index < -0.39 is 30.7 Å². The number of Topliss-reactive ketones (excluding diaryl/α,β-unsaturated/α-hetero) is 1. The highest BCUT2D eigenvalue weighted by atomic mass is 16.5. The Balaban J connectivity index is 1.59. The molecule has 1 saturated heterocycles. The number of imide groups is 1. The van der Waals surface area contributed by atoms with Gasteiger partial charge in [0, 0.05) is 23.0 Å². The molecule has 0 unspecified atom stereocenters. The number of hydrogen-bond donors (Lipinski definition) is 1. The van der Waals surface area contributed by atoms with Crippen LogP contribution in [0.2, 0.25) is 0 Å². The van der Waals surface area contributed by atoms with Crippen molar-refractivity contribution >= 4 is 23.7 Å². The molecule has 2 heterocycles. The Kier molecular flexibility index (Phi) is 5.32. The third kappa shape index (κ3) is 3.43. The van der Waals surface area contributed by atoms with E-state index in [0.29, 0.717) is 18.4 Å². The van der Waals surface area contributed by atoms with Gasteiger partial charge in [0.15, 0.2) is 6.61 Å². The molecule has 1 aliphatic heterocycles. The fraction of sp³-hybridized carbons (Fsp3) is 0.600. The molecule has 0 aromatic carbocycles. The van der Waals surface area contributed by atoms with Crippen molar-refractivity contribution in [3.8, 4) is 0 Å². The van der Waals surface area contributed by atoms with E-state index in [4.69, 9.17) is 4.74 Å². The quantitative estimate of drug-likeness (QED) is 0.457. The Labute approximate surface area is 164 Å². The van der Waals surface area contributed by atoms with Crippen LogP contribution in [0.25, 0.3) is 0 Å². The maximum Gasteiger partial charge on any atom is 0.326 e. The number of aryl methyl sites for hydroxylation is 1. The Bertz CT molecular complexity index is 833. The number of nitrogens with zero attached hydrogens (tertiary/aromatic N) is 2. The molecule has 8 heteroatoms. The molecule has 1 aromatic heterocycles. The van der Waals surface area contributed by atoms with Gasteiger partial charge in [-0.05, 0) is 46.6 Å². The Morgan fingerprint density at radius 1 is 1.21 bits per heavy atom. The molecule has 0 atom stereocenters. The molecule has 1 aromatic rings. The molecular weight excluding hydrogens is 362 g/mol. The van der Waals surface area contributed by atoms with Crippen molar-refractivity contribution in [1.29, 1.82) is 0 Å². The van der Waals surface area contributed by atoms with Gasteiger partial charge in [-0.3, -0.25) is 19.3 Å². The Morgan fingerprint density at radius 3 is 2.43 bits per heavy atom. The molecule has 28 heavy (non-hydrogen) atoms. The van der Waals surface area contributed by atoms with Crippen LogP contribution in [0, 0.1) is 13.8 Å². The first kappa shape index (κ1) is 20.1. The Morgan fingerprint density at radius 2 is 1.86 bits per heavy atom. The SMILES string of the molecule is Cc1cc(C(=O)COC(=O)CN2C(=O)NC3(CCCC3)C2=O)c(C)n1C(C)C. The van der Waals surface area contributed by atoms with E-state index in [1.54, 1.807) is 6.07 Å². The predicted molar refractivity (Wildman–Crippen MR) is 101 cm³/mol. The molecule has 1 aliphatic carbocycles. The van der Waals surface area contributed by atoms with E-state index >= 15 is 0 Å². The minimum Gasteiger partial charge on any atom is -0.456 e. The van der Waals surface area contributed by atoms with Crippen LogP contribution in [-0.2, 0) is 14.3 Å². The third-order valence-corrected chi connectivity index (χ3v) is 5.66. The van der Waals surface area contributed by atoms with Crippen LogP contribution in [-0.4, -0.2) is 51.8 Å². The van der Waals surface area contributed by atoms with Gasteiger partial charge in [-0.1, -0.05) is 12.8 Å². The second kappa shape index (κ2) is 7.41. The van der Waals surface area contributed by atoms with Crippen LogP contribution in [0.4, 0.5) is 4.79 Å². The number of hydrogen-bond acceptors (Lipinski definition) is 5. The molecule has 3 amide bonds. The van der Waals surface area contributed by atoms with Gasteiger partial charge in [0.25, 0.3) is 5.91 Å². The summed E-state index contributed by atoms with van der Waals surface area (Å²) in [6.07, 6.45) is 2.92. The van der Waals surface area contributed by atoms with Gasteiger partial charge in [-0.2, -0.15) is 0 Å². The number of nitrogens with one attached hydrogen (secondary N) is 1. The summed E-state index contributed by atoms with van der Waals surface area (Å²) in [7, 11) is 0. The molecule has 0 radical (unpaired) electrons. The monoisotopic (exact) mass is 389 g/mol. The van der Waals surface area contributed by atoms with E-state index in [2.05, 4.69) is 5.32 Å². The maximum absolute atomic E-state index is 12.5. The second-order valence-corrected chi connectivity index (χ2v) is 7.94. The first-order chi connectivity index (χ1) is 13.2. The lowest BCUT2D eigenvalue weighted by molar-refractivity contribution is -0.146. The van der Waals surface area contributed by atoms with E-state index in [1.807, 2.05) is 32.3 Å². The number of ketones is 1. The van der Waals surface area contributed by atoms with Crippen LogP contribution < -0.4 is 5.32 Å². The number of rotatable bonds is 6. The van der Waals surface area contributed by atoms with Crippen molar-refractivity contribution in [2.24, 2.45) is 0 Å². The van der Waals surface area contributed by atoms with Crippen molar-refractivity contribution in [3.05, 3.63) is 23.0 Å². The fourth-order valence-electron chi connectivity index (χ4n) is 4.39. The van der Waals surface area contributed by atoms with Gasteiger partial charge >= 0.3 is 12.0 Å². The number of ether oxygens (including phenoxy) is 1. The standard InChI is InChI=1S/C20H27N3O5/c1-12(2)23-13(3)9-15(14(23)4)16(24)11-28-17(25)10-22-18(26)20(21-19(22)27)7-5-6-8-20/h9,12H,5-8,10-11H2,1-4H3,(H,21,27). The van der Waals surface area contributed by atoms with E-state index in [1.165, 1.54) is 0 Å². The summed E-state index contributed by atoms with van der Waals surface area (Å²) in [4.78, 5) is 50.2. The molecule has 152 valence electrons. The zero-order valence-electron chi connectivity index (χ0n) is 16.8. The van der Waals surface area contributed by atoms with Gasteiger partial charge < -0.3 is 14.6 Å². The van der Waals surface area contributed by atoms with Gasteiger partial charge in [-0.25, -0.2) is 4.79 Å². The zero-order valence-corrected chi connectivity index (χ0v) is 16.8. The number of amides is 3. The van der Waals surface area contributed by atoms with E-state index in [-0.39, 0.29) is 17.7 Å². The molecule has 3 rings (SSSR count). The molecule has 1 N–H and O–H groups in total. The molecular formula is C20H27N3O5. The van der Waals surface area contributed by atoms with Crippen LogP contribution in [0.1, 0.15) is 67.3 Å². The summed E-state index contributed by atoms with van der Waals surface area (Å²) >= 11 is 0.